The second-order valence-corrected chi connectivity index (χ2v) is 11.7. The summed E-state index contributed by atoms with van der Waals surface area (Å²) in [6.45, 7) is 4.51. The number of unbranched alkanes of at least 4 members (excludes halogenated alkanes) is 13. The van der Waals surface area contributed by atoms with Crippen LogP contribution in [0.15, 0.2) is 0 Å². The van der Waals surface area contributed by atoms with E-state index >= 15 is 0 Å². The van der Waals surface area contributed by atoms with E-state index in [0.29, 0.717) is 0 Å². The van der Waals surface area contributed by atoms with Crippen LogP contribution < -0.4 is 0 Å². The molecule has 0 aliphatic heterocycles. The van der Waals surface area contributed by atoms with Crippen LogP contribution in [-0.4, -0.2) is 29.5 Å². The van der Waals surface area contributed by atoms with E-state index in [9.17, 15) is 0 Å². The Kier molecular flexibility index (Phi) is 20.1. The monoisotopic (exact) mass is 362 g/mol. The molecule has 0 N–H and O–H groups in total. The summed E-state index contributed by atoms with van der Waals surface area (Å²) in [5, 5.41) is 0. The van der Waals surface area contributed by atoms with Crippen molar-refractivity contribution < 1.29 is 8.23 Å². The van der Waals surface area contributed by atoms with E-state index in [2.05, 4.69) is 13.5 Å². The van der Waals surface area contributed by atoms with E-state index in [-0.39, 0.29) is 9.76 Å². The van der Waals surface area contributed by atoms with E-state index < -0.39 is 9.28 Å². The zero-order valence-electron chi connectivity index (χ0n) is 15.7. The van der Waals surface area contributed by atoms with Gasteiger partial charge in [0.2, 0.25) is 0 Å². The lowest BCUT2D eigenvalue weighted by Gasteiger charge is -2.13. The summed E-state index contributed by atoms with van der Waals surface area (Å²) >= 11 is 0. The molecule has 22 heavy (non-hydrogen) atoms. The van der Waals surface area contributed by atoms with Crippen molar-refractivity contribution in [2.75, 3.05) is 0 Å². The van der Waals surface area contributed by atoms with Crippen molar-refractivity contribution >= 4 is 29.5 Å². The van der Waals surface area contributed by atoms with E-state index in [0.717, 1.165) is 10.5 Å². The van der Waals surface area contributed by atoms with Gasteiger partial charge in [0, 0.05) is 0 Å². The first kappa shape index (κ1) is 22.6. The predicted molar refractivity (Wildman–Crippen MR) is 109 cm³/mol. The van der Waals surface area contributed by atoms with Crippen LogP contribution in [0.25, 0.3) is 0 Å². The smallest absolute Gasteiger partial charge is 0.299 e. The van der Waals surface area contributed by atoms with Crippen LogP contribution in [0.5, 0.6) is 0 Å². The highest BCUT2D eigenvalue weighted by molar-refractivity contribution is 6.55. The minimum absolute atomic E-state index is 0.250. The molecule has 0 aliphatic rings. The summed E-state index contributed by atoms with van der Waals surface area (Å²) in [5.41, 5.74) is 0. The second-order valence-electron chi connectivity index (χ2n) is 6.51. The third-order valence-electron chi connectivity index (χ3n) is 4.41. The average molecular weight is 363 g/mol. The van der Waals surface area contributed by atoms with E-state index in [4.69, 9.17) is 8.23 Å². The van der Waals surface area contributed by atoms with Gasteiger partial charge in [-0.05, 0) is 6.04 Å². The average Bonchev–Trinajstić information content (AvgIpc) is 2.54. The van der Waals surface area contributed by atoms with Gasteiger partial charge in [-0.2, -0.15) is 0 Å². The van der Waals surface area contributed by atoms with Gasteiger partial charge in [-0.25, -0.2) is 0 Å². The summed E-state index contributed by atoms with van der Waals surface area (Å²) < 4.78 is 11.4. The summed E-state index contributed by atoms with van der Waals surface area (Å²) in [5.74, 6) is 0. The molecule has 0 aromatic heterocycles. The molecule has 0 saturated heterocycles. The van der Waals surface area contributed by atoms with Crippen LogP contribution in [0.3, 0.4) is 0 Å². The summed E-state index contributed by atoms with van der Waals surface area (Å²) in [6.07, 6.45) is 20.1. The maximum absolute atomic E-state index is 5.79. The molecule has 0 bridgehead atoms. The molecule has 0 heterocycles. The third-order valence-corrected chi connectivity index (χ3v) is 10.2. The topological polar surface area (TPSA) is 18.5 Å². The zero-order valence-corrected chi connectivity index (χ0v) is 20.3. The molecule has 1 unspecified atom stereocenters. The molecule has 0 aliphatic carbocycles. The highest BCUT2D eigenvalue weighted by Gasteiger charge is 2.08. The fourth-order valence-electron chi connectivity index (χ4n) is 2.96. The molecule has 0 aromatic carbocycles. The van der Waals surface area contributed by atoms with Crippen molar-refractivity contribution in [2.45, 2.75) is 109 Å². The van der Waals surface area contributed by atoms with E-state index in [1.54, 1.807) is 0 Å². The van der Waals surface area contributed by atoms with Crippen molar-refractivity contribution in [2.24, 2.45) is 0 Å². The van der Waals surface area contributed by atoms with E-state index in [1.165, 1.54) is 95.9 Å². The molecule has 0 rings (SSSR count). The second kappa shape index (κ2) is 19.6. The van der Waals surface area contributed by atoms with Crippen molar-refractivity contribution in [1.29, 1.82) is 0 Å². The van der Waals surface area contributed by atoms with Gasteiger partial charge in [0.1, 0.15) is 20.2 Å². The van der Waals surface area contributed by atoms with Crippen LogP contribution >= 0.6 is 0 Å². The molecule has 0 fully saturated rings. The van der Waals surface area contributed by atoms with Gasteiger partial charge >= 0.3 is 0 Å². The lowest BCUT2D eigenvalue weighted by molar-refractivity contribution is 0.454. The van der Waals surface area contributed by atoms with Gasteiger partial charge in [0.15, 0.2) is 0 Å². The van der Waals surface area contributed by atoms with Gasteiger partial charge in [0.25, 0.3) is 9.28 Å². The van der Waals surface area contributed by atoms with Crippen molar-refractivity contribution in [3.05, 3.63) is 0 Å². The highest BCUT2D eigenvalue weighted by Crippen LogP contribution is 2.14. The van der Waals surface area contributed by atoms with Crippen molar-refractivity contribution in [3.8, 4) is 0 Å². The maximum atomic E-state index is 5.79. The quantitative estimate of drug-likeness (QED) is 0.269. The first-order chi connectivity index (χ1) is 10.8. The molecular formula is C17H42O2Si3. The zero-order chi connectivity index (χ0) is 16.3. The summed E-state index contributed by atoms with van der Waals surface area (Å²) in [4.78, 5) is 0. The number of hydrogen-bond acceptors (Lipinski definition) is 2. The minimum atomic E-state index is -1.18. The van der Waals surface area contributed by atoms with Crippen molar-refractivity contribution in [1.82, 2.24) is 0 Å². The van der Waals surface area contributed by atoms with Crippen LogP contribution in [0.2, 0.25) is 12.6 Å². The standard InChI is InChI=1S/C17H42O2Si3/c1-3-4-5-6-7-8-9-10-11-12-13-14-15-16-17-22(18-20)19-21-2/h22H,3-17,21H2,1-2,20H3. The van der Waals surface area contributed by atoms with Crippen LogP contribution in [0, 0.1) is 0 Å². The lowest BCUT2D eigenvalue weighted by atomic mass is 10.0. The molecule has 0 radical (unpaired) electrons. The van der Waals surface area contributed by atoms with Gasteiger partial charge in [-0.1, -0.05) is 103 Å². The third kappa shape index (κ3) is 16.9. The maximum Gasteiger partial charge on any atom is 0.299 e. The molecule has 0 amide bonds. The Bertz CT molecular complexity index is 206. The van der Waals surface area contributed by atoms with Gasteiger partial charge in [-0.3, -0.25) is 0 Å². The summed E-state index contributed by atoms with van der Waals surface area (Å²) in [7, 11) is -0.562. The molecule has 0 aromatic rings. The highest BCUT2D eigenvalue weighted by atomic mass is 28.4. The lowest BCUT2D eigenvalue weighted by Crippen LogP contribution is -2.22. The molecule has 2 nitrogen and oxygen atoms in total. The fourth-order valence-corrected chi connectivity index (χ4v) is 8.45. The molecule has 5 heteroatoms. The summed E-state index contributed by atoms with van der Waals surface area (Å²) in [6, 6.07) is 1.25. The van der Waals surface area contributed by atoms with Gasteiger partial charge < -0.3 is 8.23 Å². The van der Waals surface area contributed by atoms with Crippen LogP contribution in [-0.2, 0) is 8.23 Å². The largest absolute Gasteiger partial charge is 0.447 e. The Morgan fingerprint density at radius 2 is 1.14 bits per heavy atom. The molecule has 1 atom stereocenters. The molecule has 0 saturated carbocycles. The first-order valence-electron chi connectivity index (χ1n) is 9.99. The van der Waals surface area contributed by atoms with E-state index in [1.807, 2.05) is 0 Å². The van der Waals surface area contributed by atoms with Gasteiger partial charge in [-0.15, -0.1) is 0 Å². The number of hydrogen-bond donors (Lipinski definition) is 0. The Hall–Kier alpha value is 0.571. The van der Waals surface area contributed by atoms with Crippen LogP contribution in [0.1, 0.15) is 96.8 Å². The Balaban J connectivity index is 3.08. The number of rotatable bonds is 18. The Morgan fingerprint density at radius 1 is 0.727 bits per heavy atom. The SMILES string of the molecule is CCCCCCCCCCCCCCCC[SiH](O[SiH3])O[SiH2]C. The Morgan fingerprint density at radius 3 is 1.50 bits per heavy atom. The van der Waals surface area contributed by atoms with Crippen LogP contribution in [0.4, 0.5) is 0 Å². The Labute approximate surface area is 147 Å². The minimum Gasteiger partial charge on any atom is -0.447 e. The predicted octanol–water partition coefficient (Wildman–Crippen LogP) is 4.13. The fraction of sp³-hybridized carbons (Fsp3) is 1.00. The molecule has 0 spiro atoms. The van der Waals surface area contributed by atoms with Crippen molar-refractivity contribution in [3.63, 3.8) is 0 Å². The van der Waals surface area contributed by atoms with Gasteiger partial charge in [0.05, 0.1) is 0 Å². The normalized spacial score (nSPS) is 13.4. The molecular weight excluding hydrogens is 320 g/mol. The first-order valence-corrected chi connectivity index (χ1v) is 14.6. The molecule has 134 valence electrons.